The van der Waals surface area contributed by atoms with Gasteiger partial charge in [0.25, 0.3) is 0 Å². The third-order valence-corrected chi connectivity index (χ3v) is 5.00. The lowest BCUT2D eigenvalue weighted by molar-refractivity contribution is -0.121. The van der Waals surface area contributed by atoms with Crippen LogP contribution in [0.15, 0.2) is 47.0 Å². The summed E-state index contributed by atoms with van der Waals surface area (Å²) in [5.74, 6) is 2.19. The summed E-state index contributed by atoms with van der Waals surface area (Å²) in [6.07, 6.45) is 1.37. The molecule has 0 radical (unpaired) electrons. The van der Waals surface area contributed by atoms with Crippen LogP contribution < -0.4 is 14.8 Å². The first-order valence-corrected chi connectivity index (χ1v) is 11.0. The molecule has 1 heterocycles. The van der Waals surface area contributed by atoms with Gasteiger partial charge in [0.15, 0.2) is 11.5 Å². The molecule has 1 amide bonds. The Hall–Kier alpha value is -3.42. The molecule has 0 saturated carbocycles. The average Bonchev–Trinajstić information content (AvgIpc) is 3.26. The number of amides is 1. The fraction of sp³-hybridized carbons (Fsp3) is 0.400. The number of benzene rings is 2. The number of hydrogen-bond acceptors (Lipinski definition) is 6. The van der Waals surface area contributed by atoms with Gasteiger partial charge < -0.3 is 19.3 Å². The summed E-state index contributed by atoms with van der Waals surface area (Å²) in [5, 5.41) is 6.92. The number of nitrogens with zero attached hydrogens (tertiary/aromatic N) is 2. The summed E-state index contributed by atoms with van der Waals surface area (Å²) >= 11 is 0. The molecule has 2 aromatic carbocycles. The second-order valence-corrected chi connectivity index (χ2v) is 8.28. The van der Waals surface area contributed by atoms with E-state index in [1.165, 1.54) is 12.1 Å². The lowest BCUT2D eigenvalue weighted by Crippen LogP contribution is -2.26. The van der Waals surface area contributed by atoms with Crippen molar-refractivity contribution in [1.29, 1.82) is 0 Å². The fourth-order valence-corrected chi connectivity index (χ4v) is 3.20. The first-order valence-electron chi connectivity index (χ1n) is 11.0. The van der Waals surface area contributed by atoms with Crippen molar-refractivity contribution in [2.24, 2.45) is 5.92 Å². The highest BCUT2D eigenvalue weighted by atomic mass is 19.1. The highest BCUT2D eigenvalue weighted by Gasteiger charge is 2.14. The number of nitrogens with one attached hydrogen (secondary N) is 1. The monoisotopic (exact) mass is 455 g/mol. The molecule has 0 saturated heterocycles. The summed E-state index contributed by atoms with van der Waals surface area (Å²) in [6.45, 7) is 6.70. The van der Waals surface area contributed by atoms with Gasteiger partial charge in [0.2, 0.25) is 17.6 Å². The number of halogens is 1. The topological polar surface area (TPSA) is 86.5 Å². The van der Waals surface area contributed by atoms with Gasteiger partial charge in [-0.25, -0.2) is 4.39 Å². The van der Waals surface area contributed by atoms with Crippen LogP contribution in [0.2, 0.25) is 0 Å². The van der Waals surface area contributed by atoms with Crippen LogP contribution in [0.1, 0.15) is 51.1 Å². The molecule has 0 aliphatic rings. The Morgan fingerprint density at radius 3 is 2.58 bits per heavy atom. The molecule has 0 spiro atoms. The van der Waals surface area contributed by atoms with Crippen LogP contribution in [0.5, 0.6) is 11.5 Å². The molecule has 7 nitrogen and oxygen atoms in total. The maximum absolute atomic E-state index is 13.0. The van der Waals surface area contributed by atoms with Crippen molar-refractivity contribution in [1.82, 2.24) is 15.5 Å². The molecular weight excluding hydrogens is 425 g/mol. The van der Waals surface area contributed by atoms with E-state index in [-0.39, 0.29) is 17.8 Å². The first-order chi connectivity index (χ1) is 15.9. The lowest BCUT2D eigenvalue weighted by atomic mass is 10.1. The van der Waals surface area contributed by atoms with Crippen LogP contribution in [0, 0.1) is 11.7 Å². The molecule has 1 aromatic heterocycles. The van der Waals surface area contributed by atoms with Crippen LogP contribution in [0.3, 0.4) is 0 Å². The van der Waals surface area contributed by atoms with Crippen molar-refractivity contribution in [3.05, 3.63) is 59.7 Å². The highest BCUT2D eigenvalue weighted by Crippen LogP contribution is 2.30. The van der Waals surface area contributed by atoms with Gasteiger partial charge in [-0.1, -0.05) is 25.1 Å². The number of carbonyl (C=O) groups excluding carboxylic acids is 1. The van der Waals surface area contributed by atoms with Crippen molar-refractivity contribution < 1.29 is 23.2 Å². The van der Waals surface area contributed by atoms with Crippen molar-refractivity contribution in [2.45, 2.75) is 46.1 Å². The number of methoxy groups -OCH3 is 1. The largest absolute Gasteiger partial charge is 0.493 e. The standard InChI is InChI=1S/C25H30FN3O4/c1-16(2)15-32-21-13-10-19(14-22(21)31-4)17(3)27-23(30)6-5-7-24-28-25(29-33-24)18-8-11-20(26)12-9-18/h8-14,16-17H,5-7,15H2,1-4H3,(H,27,30). The Morgan fingerprint density at radius 2 is 1.88 bits per heavy atom. The Labute approximate surface area is 193 Å². The number of ether oxygens (including phenoxy) is 2. The average molecular weight is 456 g/mol. The van der Waals surface area contributed by atoms with Gasteiger partial charge in [-0.2, -0.15) is 4.98 Å². The highest BCUT2D eigenvalue weighted by molar-refractivity contribution is 5.76. The van der Waals surface area contributed by atoms with Crippen LogP contribution in [-0.2, 0) is 11.2 Å². The first kappa shape index (κ1) is 24.2. The molecular formula is C25H30FN3O4. The second-order valence-electron chi connectivity index (χ2n) is 8.28. The van der Waals surface area contributed by atoms with Crippen molar-refractivity contribution in [3.63, 3.8) is 0 Å². The normalized spacial score (nSPS) is 11.9. The predicted molar refractivity (Wildman–Crippen MR) is 123 cm³/mol. The van der Waals surface area contributed by atoms with Gasteiger partial charge in [-0.05, 0) is 61.2 Å². The van der Waals surface area contributed by atoms with Gasteiger partial charge in [0, 0.05) is 18.4 Å². The minimum atomic E-state index is -0.323. The minimum absolute atomic E-state index is 0.0696. The fourth-order valence-electron chi connectivity index (χ4n) is 3.20. The minimum Gasteiger partial charge on any atom is -0.493 e. The van der Waals surface area contributed by atoms with Crippen LogP contribution in [-0.4, -0.2) is 29.8 Å². The van der Waals surface area contributed by atoms with Gasteiger partial charge in [-0.15, -0.1) is 0 Å². The van der Waals surface area contributed by atoms with E-state index in [0.29, 0.717) is 60.6 Å². The molecule has 1 unspecified atom stereocenters. The van der Waals surface area contributed by atoms with Crippen molar-refractivity contribution in [3.8, 4) is 22.9 Å². The van der Waals surface area contributed by atoms with Crippen LogP contribution in [0.4, 0.5) is 4.39 Å². The lowest BCUT2D eigenvalue weighted by Gasteiger charge is -2.17. The molecule has 3 rings (SSSR count). The smallest absolute Gasteiger partial charge is 0.226 e. The number of aryl methyl sites for hydroxylation is 1. The Morgan fingerprint density at radius 1 is 1.12 bits per heavy atom. The zero-order valence-corrected chi connectivity index (χ0v) is 19.4. The maximum atomic E-state index is 13.0. The molecule has 0 fully saturated rings. The van der Waals surface area contributed by atoms with Crippen LogP contribution in [0.25, 0.3) is 11.4 Å². The molecule has 1 atom stereocenters. The molecule has 8 heteroatoms. The summed E-state index contributed by atoms with van der Waals surface area (Å²) in [7, 11) is 1.60. The molecule has 33 heavy (non-hydrogen) atoms. The van der Waals surface area contributed by atoms with E-state index in [4.69, 9.17) is 14.0 Å². The van der Waals surface area contributed by atoms with Crippen LogP contribution >= 0.6 is 0 Å². The maximum Gasteiger partial charge on any atom is 0.226 e. The summed E-state index contributed by atoms with van der Waals surface area (Å²) in [4.78, 5) is 16.7. The molecule has 1 N–H and O–H groups in total. The summed E-state index contributed by atoms with van der Waals surface area (Å²) in [5.41, 5.74) is 1.60. The van der Waals surface area contributed by atoms with Crippen molar-refractivity contribution >= 4 is 5.91 Å². The third kappa shape index (κ3) is 7.03. The number of rotatable bonds is 11. The van der Waals surface area contributed by atoms with E-state index < -0.39 is 0 Å². The van der Waals surface area contributed by atoms with Gasteiger partial charge in [0.1, 0.15) is 5.82 Å². The summed E-state index contributed by atoms with van der Waals surface area (Å²) in [6, 6.07) is 11.4. The van der Waals surface area contributed by atoms with E-state index in [2.05, 4.69) is 29.3 Å². The zero-order chi connectivity index (χ0) is 23.8. The Balaban J connectivity index is 1.48. The van der Waals surface area contributed by atoms with Gasteiger partial charge >= 0.3 is 0 Å². The van der Waals surface area contributed by atoms with Crippen molar-refractivity contribution in [2.75, 3.05) is 13.7 Å². The van der Waals surface area contributed by atoms with E-state index in [1.807, 2.05) is 25.1 Å². The number of aromatic nitrogens is 2. The molecule has 176 valence electrons. The Bertz CT molecular complexity index is 1050. The Kier molecular flexibility index (Phi) is 8.40. The quantitative estimate of drug-likeness (QED) is 0.432. The van der Waals surface area contributed by atoms with Gasteiger partial charge in [0.05, 0.1) is 19.8 Å². The van der Waals surface area contributed by atoms with E-state index in [9.17, 15) is 9.18 Å². The molecule has 0 bridgehead atoms. The van der Waals surface area contributed by atoms with E-state index in [0.717, 1.165) is 5.56 Å². The van der Waals surface area contributed by atoms with E-state index in [1.54, 1.807) is 19.2 Å². The third-order valence-electron chi connectivity index (χ3n) is 5.00. The molecule has 3 aromatic rings. The summed E-state index contributed by atoms with van der Waals surface area (Å²) < 4.78 is 29.5. The molecule has 0 aliphatic carbocycles. The number of carbonyl (C=O) groups is 1. The number of hydrogen-bond donors (Lipinski definition) is 1. The predicted octanol–water partition coefficient (Wildman–Crippen LogP) is 5.12. The van der Waals surface area contributed by atoms with Gasteiger partial charge in [-0.3, -0.25) is 4.79 Å². The molecule has 0 aliphatic heterocycles. The zero-order valence-electron chi connectivity index (χ0n) is 19.4. The SMILES string of the molecule is COc1cc(C(C)NC(=O)CCCc2nc(-c3ccc(F)cc3)no2)ccc1OCC(C)C. The second kappa shape index (κ2) is 11.4. The van der Waals surface area contributed by atoms with E-state index >= 15 is 0 Å².